The van der Waals surface area contributed by atoms with E-state index >= 15 is 0 Å². The SMILES string of the molecule is CC(O)CC(=O)C(C#N)C(=O)OC(C)(C)C. The van der Waals surface area contributed by atoms with Gasteiger partial charge in [0.1, 0.15) is 5.60 Å². The lowest BCUT2D eigenvalue weighted by molar-refractivity contribution is -0.159. The van der Waals surface area contributed by atoms with Gasteiger partial charge in [-0.3, -0.25) is 9.59 Å². The second-order valence-corrected chi connectivity index (χ2v) is 4.62. The van der Waals surface area contributed by atoms with E-state index in [-0.39, 0.29) is 6.42 Å². The van der Waals surface area contributed by atoms with E-state index in [1.54, 1.807) is 26.8 Å². The standard InChI is InChI=1S/C11H17NO4/c1-7(13)5-9(14)8(6-12)10(15)16-11(2,3)4/h7-8,13H,5H2,1-4H3. The summed E-state index contributed by atoms with van der Waals surface area (Å²) in [7, 11) is 0. The first-order chi connectivity index (χ1) is 7.17. The average molecular weight is 227 g/mol. The minimum absolute atomic E-state index is 0.225. The fraction of sp³-hybridized carbons (Fsp3) is 0.727. The van der Waals surface area contributed by atoms with E-state index in [4.69, 9.17) is 15.1 Å². The number of carbonyl (C=O) groups excluding carboxylic acids is 2. The van der Waals surface area contributed by atoms with Crippen LogP contribution in [0.5, 0.6) is 0 Å². The maximum atomic E-state index is 11.5. The maximum Gasteiger partial charge on any atom is 0.331 e. The van der Waals surface area contributed by atoms with Crippen molar-refractivity contribution in [2.75, 3.05) is 0 Å². The van der Waals surface area contributed by atoms with Crippen LogP contribution < -0.4 is 0 Å². The molecule has 0 aromatic rings. The molecule has 5 heteroatoms. The molecular weight excluding hydrogens is 210 g/mol. The first kappa shape index (κ1) is 14.6. The van der Waals surface area contributed by atoms with Crippen LogP contribution in [0, 0.1) is 17.2 Å². The molecule has 0 aliphatic rings. The van der Waals surface area contributed by atoms with Crippen LogP contribution in [-0.2, 0) is 14.3 Å². The summed E-state index contributed by atoms with van der Waals surface area (Å²) in [6.07, 6.45) is -1.09. The first-order valence-electron chi connectivity index (χ1n) is 5.00. The molecule has 0 spiro atoms. The van der Waals surface area contributed by atoms with Gasteiger partial charge in [-0.05, 0) is 27.7 Å². The van der Waals surface area contributed by atoms with E-state index in [1.807, 2.05) is 0 Å². The molecule has 0 heterocycles. The van der Waals surface area contributed by atoms with Crippen LogP contribution in [0.15, 0.2) is 0 Å². The van der Waals surface area contributed by atoms with Gasteiger partial charge in [0.05, 0.1) is 12.2 Å². The van der Waals surface area contributed by atoms with E-state index in [1.165, 1.54) is 6.92 Å². The summed E-state index contributed by atoms with van der Waals surface area (Å²) in [5.74, 6) is -2.93. The van der Waals surface area contributed by atoms with Crippen molar-refractivity contribution in [2.24, 2.45) is 5.92 Å². The molecule has 0 aromatic heterocycles. The van der Waals surface area contributed by atoms with Crippen LogP contribution >= 0.6 is 0 Å². The van der Waals surface area contributed by atoms with Crippen molar-refractivity contribution in [2.45, 2.75) is 45.8 Å². The van der Waals surface area contributed by atoms with Crippen molar-refractivity contribution in [1.29, 1.82) is 5.26 Å². The highest BCUT2D eigenvalue weighted by Gasteiger charge is 2.31. The Balaban J connectivity index is 4.58. The van der Waals surface area contributed by atoms with Gasteiger partial charge in [-0.15, -0.1) is 0 Å². The highest BCUT2D eigenvalue weighted by molar-refractivity contribution is 6.01. The van der Waals surface area contributed by atoms with Gasteiger partial charge in [-0.1, -0.05) is 0 Å². The summed E-state index contributed by atoms with van der Waals surface area (Å²) in [5.41, 5.74) is -0.739. The van der Waals surface area contributed by atoms with Gasteiger partial charge in [-0.25, -0.2) is 0 Å². The number of rotatable bonds is 4. The number of hydrogen-bond donors (Lipinski definition) is 1. The van der Waals surface area contributed by atoms with Gasteiger partial charge >= 0.3 is 5.97 Å². The summed E-state index contributed by atoms with van der Waals surface area (Å²) in [6.45, 7) is 6.37. The summed E-state index contributed by atoms with van der Waals surface area (Å²) < 4.78 is 4.93. The molecule has 0 rings (SSSR count). The first-order valence-corrected chi connectivity index (χ1v) is 5.00. The number of ketones is 1. The fourth-order valence-electron chi connectivity index (χ4n) is 1.03. The predicted molar refractivity (Wildman–Crippen MR) is 56.3 cm³/mol. The third-order valence-electron chi connectivity index (χ3n) is 1.59. The lowest BCUT2D eigenvalue weighted by Gasteiger charge is -2.21. The van der Waals surface area contributed by atoms with Crippen LogP contribution in [-0.4, -0.2) is 28.6 Å². The van der Waals surface area contributed by atoms with Crippen molar-refractivity contribution in [3.8, 4) is 6.07 Å². The van der Waals surface area contributed by atoms with Gasteiger partial charge in [0.25, 0.3) is 0 Å². The monoisotopic (exact) mass is 227 g/mol. The Bertz CT molecular complexity index is 309. The zero-order valence-electron chi connectivity index (χ0n) is 9.98. The predicted octanol–water partition coefficient (Wildman–Crippen LogP) is 0.808. The number of hydrogen-bond acceptors (Lipinski definition) is 5. The average Bonchev–Trinajstić information content (AvgIpc) is 1.99. The second kappa shape index (κ2) is 5.61. The lowest BCUT2D eigenvalue weighted by Crippen LogP contribution is -2.33. The highest BCUT2D eigenvalue weighted by atomic mass is 16.6. The van der Waals surface area contributed by atoms with Crippen molar-refractivity contribution in [3.05, 3.63) is 0 Å². The number of nitrogens with zero attached hydrogens (tertiary/aromatic N) is 1. The zero-order valence-corrected chi connectivity index (χ0v) is 9.98. The Morgan fingerprint density at radius 2 is 1.94 bits per heavy atom. The normalized spacial score (nSPS) is 14.8. The largest absolute Gasteiger partial charge is 0.459 e. The zero-order chi connectivity index (χ0) is 12.9. The van der Waals surface area contributed by atoms with Crippen LogP contribution in [0.2, 0.25) is 0 Å². The second-order valence-electron chi connectivity index (χ2n) is 4.62. The van der Waals surface area contributed by atoms with Crippen LogP contribution in [0.25, 0.3) is 0 Å². The Hall–Kier alpha value is -1.41. The van der Waals surface area contributed by atoms with Crippen LogP contribution in [0.4, 0.5) is 0 Å². The van der Waals surface area contributed by atoms with Crippen molar-refractivity contribution in [1.82, 2.24) is 0 Å². The minimum Gasteiger partial charge on any atom is -0.459 e. The summed E-state index contributed by atoms with van der Waals surface area (Å²) in [6, 6.07) is 1.59. The van der Waals surface area contributed by atoms with E-state index in [9.17, 15) is 9.59 Å². The van der Waals surface area contributed by atoms with Gasteiger partial charge < -0.3 is 9.84 Å². The fourth-order valence-corrected chi connectivity index (χ4v) is 1.03. The molecule has 2 unspecified atom stereocenters. The number of esters is 1. The molecule has 2 atom stereocenters. The van der Waals surface area contributed by atoms with Crippen molar-refractivity contribution in [3.63, 3.8) is 0 Å². The van der Waals surface area contributed by atoms with Crippen LogP contribution in [0.1, 0.15) is 34.1 Å². The molecule has 0 radical (unpaired) electrons. The molecule has 90 valence electrons. The van der Waals surface area contributed by atoms with Gasteiger partial charge in [0.2, 0.25) is 5.92 Å². The Labute approximate surface area is 95.0 Å². The third kappa shape index (κ3) is 5.47. The molecule has 1 N–H and O–H groups in total. The number of aliphatic hydroxyl groups is 1. The van der Waals surface area contributed by atoms with Crippen LogP contribution in [0.3, 0.4) is 0 Å². The summed E-state index contributed by atoms with van der Waals surface area (Å²) in [5, 5.41) is 17.7. The van der Waals surface area contributed by atoms with Crippen molar-refractivity contribution < 1.29 is 19.4 Å². The molecule has 0 aliphatic carbocycles. The van der Waals surface area contributed by atoms with E-state index < -0.39 is 29.4 Å². The van der Waals surface area contributed by atoms with Gasteiger partial charge in [-0.2, -0.15) is 5.26 Å². The van der Waals surface area contributed by atoms with Gasteiger partial charge in [0, 0.05) is 6.42 Å². The Morgan fingerprint density at radius 3 is 2.25 bits per heavy atom. The molecule has 0 aromatic carbocycles. The quantitative estimate of drug-likeness (QED) is 0.567. The Morgan fingerprint density at radius 1 is 1.44 bits per heavy atom. The molecule has 0 aliphatic heterocycles. The number of ether oxygens (including phenoxy) is 1. The third-order valence-corrected chi connectivity index (χ3v) is 1.59. The smallest absolute Gasteiger partial charge is 0.331 e. The molecular formula is C11H17NO4. The number of Topliss-reactive ketones (excluding diaryl/α,β-unsaturated/α-hetero) is 1. The maximum absolute atomic E-state index is 11.5. The minimum atomic E-state index is -1.45. The van der Waals surface area contributed by atoms with Crippen molar-refractivity contribution >= 4 is 11.8 Å². The van der Waals surface area contributed by atoms with E-state index in [2.05, 4.69) is 0 Å². The summed E-state index contributed by atoms with van der Waals surface area (Å²) >= 11 is 0. The highest BCUT2D eigenvalue weighted by Crippen LogP contribution is 2.13. The molecule has 0 saturated carbocycles. The number of nitriles is 1. The molecule has 16 heavy (non-hydrogen) atoms. The topological polar surface area (TPSA) is 87.4 Å². The molecule has 0 fully saturated rings. The lowest BCUT2D eigenvalue weighted by atomic mass is 10.0. The molecule has 0 saturated heterocycles. The number of carbonyl (C=O) groups is 2. The molecule has 5 nitrogen and oxygen atoms in total. The van der Waals surface area contributed by atoms with E-state index in [0.717, 1.165) is 0 Å². The molecule has 0 amide bonds. The Kier molecular flexibility index (Phi) is 5.12. The summed E-state index contributed by atoms with van der Waals surface area (Å²) in [4.78, 5) is 22.9. The molecule has 0 bridgehead atoms. The van der Waals surface area contributed by atoms with Gasteiger partial charge in [0.15, 0.2) is 5.78 Å². The van der Waals surface area contributed by atoms with E-state index in [0.29, 0.717) is 0 Å². The number of aliphatic hydroxyl groups excluding tert-OH is 1.